The van der Waals surface area contributed by atoms with E-state index in [0.29, 0.717) is 17.4 Å². The molecule has 0 heterocycles. The monoisotopic (exact) mass is 689 g/mol. The highest BCUT2D eigenvalue weighted by atomic mass is 31.2. The van der Waals surface area contributed by atoms with Gasteiger partial charge in [0.25, 0.3) is 7.82 Å². The highest BCUT2D eigenvalue weighted by molar-refractivity contribution is 7.45. The number of unbranched alkanes of at least 4 members (excludes halogenated alkanes) is 18. The van der Waals surface area contributed by atoms with E-state index in [1.807, 2.05) is 21.1 Å². The normalized spacial score (nSPS) is 13.9. The first-order valence-electron chi connectivity index (χ1n) is 18.9. The zero-order valence-corrected chi connectivity index (χ0v) is 31.9. The average molecular weight is 690 g/mol. The van der Waals surface area contributed by atoms with E-state index in [9.17, 15) is 19.0 Å². The fraction of sp³-hybridized carbons (Fsp3) is 0.892. The summed E-state index contributed by atoms with van der Waals surface area (Å²) in [6, 6.07) is 0. The van der Waals surface area contributed by atoms with E-state index in [-0.39, 0.29) is 32.0 Å². The molecule has 0 saturated heterocycles. The van der Waals surface area contributed by atoms with Gasteiger partial charge in [0.2, 0.25) is 0 Å². The first kappa shape index (κ1) is 45.8. The van der Waals surface area contributed by atoms with Crippen molar-refractivity contribution in [1.82, 2.24) is 0 Å². The minimum Gasteiger partial charge on any atom is -0.756 e. The summed E-state index contributed by atoms with van der Waals surface area (Å²) in [5, 5.41) is 0. The van der Waals surface area contributed by atoms with Crippen molar-refractivity contribution in [3.05, 3.63) is 12.2 Å². The van der Waals surface area contributed by atoms with E-state index in [0.717, 1.165) is 51.4 Å². The van der Waals surface area contributed by atoms with Crippen molar-refractivity contribution in [3.8, 4) is 0 Å². The summed E-state index contributed by atoms with van der Waals surface area (Å²) in [5.74, 6) is -0.844. The number of phosphoric acid groups is 1. The predicted octanol–water partition coefficient (Wildman–Crippen LogP) is 9.22. The van der Waals surface area contributed by atoms with Crippen molar-refractivity contribution in [1.29, 1.82) is 0 Å². The molecule has 0 aromatic heterocycles. The molecule has 0 aliphatic heterocycles. The van der Waals surface area contributed by atoms with Gasteiger partial charge in [-0.25, -0.2) is 0 Å². The molecule has 0 rings (SSSR count). The number of carbonyl (C=O) groups excluding carboxylic acids is 2. The number of hydrogen-bond donors (Lipinski definition) is 0. The summed E-state index contributed by atoms with van der Waals surface area (Å²) in [4.78, 5) is 37.2. The smallest absolute Gasteiger partial charge is 0.306 e. The molecule has 0 aliphatic carbocycles. The topological polar surface area (TPSA) is 111 Å². The molecule has 0 bridgehead atoms. The van der Waals surface area contributed by atoms with Gasteiger partial charge in [-0.3, -0.25) is 14.2 Å². The van der Waals surface area contributed by atoms with Gasteiger partial charge >= 0.3 is 11.9 Å². The molecule has 0 radical (unpaired) electrons. The first-order valence-corrected chi connectivity index (χ1v) is 20.4. The van der Waals surface area contributed by atoms with Gasteiger partial charge < -0.3 is 27.9 Å². The second-order valence-corrected chi connectivity index (χ2v) is 15.4. The van der Waals surface area contributed by atoms with E-state index in [1.165, 1.54) is 77.0 Å². The van der Waals surface area contributed by atoms with Gasteiger partial charge in [0, 0.05) is 12.8 Å². The average Bonchev–Trinajstić information content (AvgIpc) is 3.01. The van der Waals surface area contributed by atoms with Crippen LogP contribution in [-0.2, 0) is 32.7 Å². The lowest BCUT2D eigenvalue weighted by Gasteiger charge is -2.28. The quantitative estimate of drug-likeness (QED) is 0.0216. The first-order chi connectivity index (χ1) is 22.5. The molecule has 9 nitrogen and oxygen atoms in total. The predicted molar refractivity (Wildman–Crippen MR) is 190 cm³/mol. The minimum absolute atomic E-state index is 0.0299. The third-order valence-electron chi connectivity index (χ3n) is 8.04. The van der Waals surface area contributed by atoms with Crippen LogP contribution in [0.4, 0.5) is 0 Å². The Labute approximate surface area is 288 Å². The molecular formula is C37H72NO8P. The number of likely N-dealkylation sites (N-methyl/N-ethyl adjacent to an activating group) is 1. The van der Waals surface area contributed by atoms with Crippen molar-refractivity contribution in [3.63, 3.8) is 0 Å². The number of phosphoric ester groups is 1. The lowest BCUT2D eigenvalue weighted by Crippen LogP contribution is -2.37. The van der Waals surface area contributed by atoms with Crippen LogP contribution in [0.5, 0.6) is 0 Å². The van der Waals surface area contributed by atoms with Gasteiger partial charge in [0.15, 0.2) is 6.10 Å². The van der Waals surface area contributed by atoms with Gasteiger partial charge in [0.05, 0.1) is 27.7 Å². The van der Waals surface area contributed by atoms with Crippen LogP contribution in [0.3, 0.4) is 0 Å². The molecule has 0 fully saturated rings. The molecule has 1 unspecified atom stereocenters. The highest BCUT2D eigenvalue weighted by Crippen LogP contribution is 2.38. The van der Waals surface area contributed by atoms with E-state index >= 15 is 0 Å². The van der Waals surface area contributed by atoms with Crippen LogP contribution in [-0.4, -0.2) is 70.0 Å². The molecule has 0 aliphatic rings. The van der Waals surface area contributed by atoms with Crippen LogP contribution in [0, 0.1) is 0 Å². The second kappa shape index (κ2) is 30.8. The van der Waals surface area contributed by atoms with Crippen LogP contribution < -0.4 is 4.89 Å². The summed E-state index contributed by atoms with van der Waals surface area (Å²) >= 11 is 0. The minimum atomic E-state index is -4.61. The Morgan fingerprint density at radius 1 is 0.638 bits per heavy atom. The third-order valence-corrected chi connectivity index (χ3v) is 9.00. The molecule has 278 valence electrons. The largest absolute Gasteiger partial charge is 0.756 e. The summed E-state index contributed by atoms with van der Waals surface area (Å²) in [6.07, 6.45) is 28.1. The standard InChI is InChI=1S/C37H72NO8P/c1-6-8-10-12-14-16-18-19-20-22-24-26-28-30-37(40)46-35(34-45-47(41,42)44-32-31-38(3,4)5)33-43-36(39)29-27-25-23-21-17-15-13-11-9-7-2/h16,18,35H,6-15,17,19-34H2,1-5H3/b18-16-/t35-/m1/s1. The summed E-state index contributed by atoms with van der Waals surface area (Å²) in [5.41, 5.74) is 0. The van der Waals surface area contributed by atoms with Crippen LogP contribution in [0.15, 0.2) is 12.2 Å². The molecule has 0 amide bonds. The lowest BCUT2D eigenvalue weighted by molar-refractivity contribution is -0.870. The zero-order valence-electron chi connectivity index (χ0n) is 31.0. The van der Waals surface area contributed by atoms with E-state index in [1.54, 1.807) is 0 Å². The SMILES string of the molecule is CCCCCC/C=C\CCCCCCCC(=O)O[C@H](COC(=O)CCCCCCCCCCCC)COP(=O)([O-])OCC[N+](C)(C)C. The number of nitrogens with zero attached hydrogens (tertiary/aromatic N) is 1. The maximum absolute atomic E-state index is 12.6. The Hall–Kier alpha value is -1.25. The van der Waals surface area contributed by atoms with Crippen molar-refractivity contribution in [2.24, 2.45) is 0 Å². The van der Waals surface area contributed by atoms with Gasteiger partial charge in [-0.2, -0.15) is 0 Å². The molecule has 0 spiro atoms. The maximum atomic E-state index is 12.6. The number of esters is 2. The zero-order chi connectivity index (χ0) is 35.1. The van der Waals surface area contributed by atoms with Gasteiger partial charge in [-0.15, -0.1) is 0 Å². The molecule has 2 atom stereocenters. The Kier molecular flexibility index (Phi) is 30.0. The molecule has 0 N–H and O–H groups in total. The molecule has 10 heteroatoms. The molecule has 0 saturated carbocycles. The molecule has 0 aromatic rings. The molecule has 0 aromatic carbocycles. The Balaban J connectivity index is 4.46. The number of ether oxygens (including phenoxy) is 2. The van der Waals surface area contributed by atoms with Crippen LogP contribution in [0.1, 0.15) is 162 Å². The van der Waals surface area contributed by atoms with E-state index in [4.69, 9.17) is 18.5 Å². The number of hydrogen-bond acceptors (Lipinski definition) is 8. The van der Waals surface area contributed by atoms with E-state index in [2.05, 4.69) is 26.0 Å². The van der Waals surface area contributed by atoms with Gasteiger partial charge in [0.1, 0.15) is 19.8 Å². The van der Waals surface area contributed by atoms with Crippen molar-refractivity contribution >= 4 is 19.8 Å². The number of rotatable bonds is 34. The van der Waals surface area contributed by atoms with Crippen molar-refractivity contribution in [2.75, 3.05) is 47.5 Å². The second-order valence-electron chi connectivity index (χ2n) is 13.9. The Morgan fingerprint density at radius 2 is 1.09 bits per heavy atom. The van der Waals surface area contributed by atoms with E-state index < -0.39 is 26.5 Å². The lowest BCUT2D eigenvalue weighted by atomic mass is 10.1. The Morgan fingerprint density at radius 3 is 1.60 bits per heavy atom. The number of carbonyl (C=O) groups is 2. The molecule has 47 heavy (non-hydrogen) atoms. The third kappa shape index (κ3) is 34.4. The van der Waals surface area contributed by atoms with Crippen molar-refractivity contribution in [2.45, 2.75) is 168 Å². The highest BCUT2D eigenvalue weighted by Gasteiger charge is 2.21. The maximum Gasteiger partial charge on any atom is 0.306 e. The van der Waals surface area contributed by atoms with Crippen molar-refractivity contribution < 1.29 is 42.1 Å². The van der Waals surface area contributed by atoms with Gasteiger partial charge in [-0.05, 0) is 38.5 Å². The summed E-state index contributed by atoms with van der Waals surface area (Å²) in [6.45, 7) is 4.17. The van der Waals surface area contributed by atoms with Crippen LogP contribution >= 0.6 is 7.82 Å². The Bertz CT molecular complexity index is 830. The van der Waals surface area contributed by atoms with Crippen LogP contribution in [0.2, 0.25) is 0 Å². The summed E-state index contributed by atoms with van der Waals surface area (Å²) in [7, 11) is 1.16. The number of quaternary nitrogens is 1. The fourth-order valence-electron chi connectivity index (χ4n) is 5.00. The summed E-state index contributed by atoms with van der Waals surface area (Å²) < 4.78 is 33.7. The fourth-order valence-corrected chi connectivity index (χ4v) is 5.73. The number of allylic oxidation sites excluding steroid dienone is 2. The van der Waals surface area contributed by atoms with Crippen LogP contribution in [0.25, 0.3) is 0 Å². The molecular weight excluding hydrogens is 617 g/mol. The van der Waals surface area contributed by atoms with Gasteiger partial charge in [-0.1, -0.05) is 122 Å².